The number of Topliss-reactive ketones (excluding diaryl/α,β-unsaturated/α-hetero) is 1. The number of pyridine rings is 1. The Morgan fingerprint density at radius 2 is 1.81 bits per heavy atom. The number of hydrogen-bond acceptors (Lipinski definition) is 6. The number of aromatic amines is 2. The van der Waals surface area contributed by atoms with Crippen molar-refractivity contribution in [2.75, 3.05) is 11.3 Å². The van der Waals surface area contributed by atoms with Crippen molar-refractivity contribution in [2.45, 2.75) is 18.7 Å². The number of esters is 1. The number of ether oxygens (including phenoxy) is 1. The standard InChI is InChI=1S/C22H19N3O6S/c1-3-31-22(28)17-11-23-20-19(17)16-10-14(6-9-18(16)24-21(20)27)25-32(29,30)15-7-4-13(5-8-15)12(2)26/h4-11,23,25H,3H2,1-2H3,(H,24,27). The number of H-pyrrole nitrogens is 2. The lowest BCUT2D eigenvalue weighted by Crippen LogP contribution is -2.13. The molecule has 4 aromatic rings. The first-order valence-corrected chi connectivity index (χ1v) is 11.2. The molecule has 0 saturated carbocycles. The van der Waals surface area contributed by atoms with Crippen molar-refractivity contribution >= 4 is 49.3 Å². The van der Waals surface area contributed by atoms with Crippen molar-refractivity contribution in [1.29, 1.82) is 0 Å². The Bertz CT molecular complexity index is 1530. The smallest absolute Gasteiger partial charge is 0.340 e. The molecule has 0 aliphatic heterocycles. The second-order valence-electron chi connectivity index (χ2n) is 7.07. The number of sulfonamides is 1. The highest BCUT2D eigenvalue weighted by molar-refractivity contribution is 7.92. The Balaban J connectivity index is 1.80. The first kappa shape index (κ1) is 21.3. The van der Waals surface area contributed by atoms with Gasteiger partial charge in [-0.15, -0.1) is 0 Å². The molecule has 2 aromatic heterocycles. The minimum absolute atomic E-state index is 0.0110. The van der Waals surface area contributed by atoms with E-state index in [2.05, 4.69) is 14.7 Å². The normalized spacial score (nSPS) is 11.6. The molecule has 0 spiro atoms. The molecular formula is C22H19N3O6S. The summed E-state index contributed by atoms with van der Waals surface area (Å²) in [4.78, 5) is 41.6. The van der Waals surface area contributed by atoms with Crippen molar-refractivity contribution in [3.63, 3.8) is 0 Å². The number of benzene rings is 2. The van der Waals surface area contributed by atoms with Crippen LogP contribution in [0.3, 0.4) is 0 Å². The van der Waals surface area contributed by atoms with Crippen LogP contribution in [-0.4, -0.2) is 36.7 Å². The Labute approximate surface area is 182 Å². The fourth-order valence-corrected chi connectivity index (χ4v) is 4.49. The van der Waals surface area contributed by atoms with Crippen molar-refractivity contribution in [1.82, 2.24) is 9.97 Å². The van der Waals surface area contributed by atoms with E-state index >= 15 is 0 Å². The van der Waals surface area contributed by atoms with Crippen molar-refractivity contribution < 1.29 is 22.7 Å². The Hall–Kier alpha value is -3.92. The highest BCUT2D eigenvalue weighted by atomic mass is 32.2. The van der Waals surface area contributed by atoms with Crippen LogP contribution in [0.15, 0.2) is 58.4 Å². The SMILES string of the molecule is CCOC(=O)c1c[nH]c2c(=O)[nH]c3ccc(NS(=O)(=O)c4ccc(C(C)=O)cc4)cc3c12. The van der Waals surface area contributed by atoms with Crippen LogP contribution in [0, 0.1) is 0 Å². The molecule has 10 heteroatoms. The summed E-state index contributed by atoms with van der Waals surface area (Å²) in [5.74, 6) is -0.763. The Kier molecular flexibility index (Phi) is 5.31. The van der Waals surface area contributed by atoms with E-state index in [1.807, 2.05) is 0 Å². The second kappa shape index (κ2) is 7.97. The predicted octanol–water partition coefficient (Wildman–Crippen LogP) is 3.19. The maximum Gasteiger partial charge on any atom is 0.340 e. The minimum atomic E-state index is -3.94. The molecule has 0 amide bonds. The van der Waals surface area contributed by atoms with Gasteiger partial charge in [0.05, 0.1) is 17.1 Å². The summed E-state index contributed by atoms with van der Waals surface area (Å²) in [5.41, 5.74) is 1.01. The number of fused-ring (bicyclic) bond motifs is 3. The van der Waals surface area contributed by atoms with Crippen LogP contribution in [0.1, 0.15) is 34.6 Å². The van der Waals surface area contributed by atoms with Gasteiger partial charge < -0.3 is 14.7 Å². The lowest BCUT2D eigenvalue weighted by atomic mass is 10.1. The number of ketones is 1. The van der Waals surface area contributed by atoms with Crippen LogP contribution in [0.25, 0.3) is 21.8 Å². The monoisotopic (exact) mass is 453 g/mol. The molecule has 3 N–H and O–H groups in total. The summed E-state index contributed by atoms with van der Waals surface area (Å²) in [7, 11) is -3.94. The molecule has 0 radical (unpaired) electrons. The summed E-state index contributed by atoms with van der Waals surface area (Å²) in [5, 5.41) is 0.810. The topological polar surface area (TPSA) is 138 Å². The third-order valence-corrected chi connectivity index (χ3v) is 6.36. The first-order chi connectivity index (χ1) is 15.2. The molecule has 0 saturated heterocycles. The van der Waals surface area contributed by atoms with E-state index in [1.54, 1.807) is 13.0 Å². The number of carbonyl (C=O) groups is 2. The summed E-state index contributed by atoms with van der Waals surface area (Å²) < 4.78 is 33.2. The zero-order valence-electron chi connectivity index (χ0n) is 17.2. The van der Waals surface area contributed by atoms with Crippen LogP contribution in [0.4, 0.5) is 5.69 Å². The molecule has 9 nitrogen and oxygen atoms in total. The van der Waals surface area contributed by atoms with Gasteiger partial charge in [-0.1, -0.05) is 12.1 Å². The number of rotatable bonds is 6. The fourth-order valence-electron chi connectivity index (χ4n) is 3.44. The molecule has 0 unspecified atom stereocenters. The molecule has 164 valence electrons. The zero-order valence-corrected chi connectivity index (χ0v) is 18.0. The maximum absolute atomic E-state index is 12.8. The van der Waals surface area contributed by atoms with E-state index < -0.39 is 21.6 Å². The molecule has 0 aliphatic carbocycles. The highest BCUT2D eigenvalue weighted by Gasteiger charge is 2.20. The van der Waals surface area contributed by atoms with E-state index in [9.17, 15) is 22.8 Å². The van der Waals surface area contributed by atoms with Gasteiger partial charge in [0.15, 0.2) is 5.78 Å². The molecule has 32 heavy (non-hydrogen) atoms. The molecule has 0 fully saturated rings. The molecule has 4 rings (SSSR count). The molecule has 0 aliphatic rings. The number of nitrogens with one attached hydrogen (secondary N) is 3. The number of aromatic nitrogens is 2. The van der Waals surface area contributed by atoms with Crippen molar-refractivity contribution in [3.8, 4) is 0 Å². The maximum atomic E-state index is 12.8. The molecule has 0 atom stereocenters. The highest BCUT2D eigenvalue weighted by Crippen LogP contribution is 2.28. The zero-order chi connectivity index (χ0) is 23.0. The molecule has 2 heterocycles. The quantitative estimate of drug-likeness (QED) is 0.303. The third kappa shape index (κ3) is 3.76. The van der Waals surface area contributed by atoms with Crippen LogP contribution in [0.2, 0.25) is 0 Å². The van der Waals surface area contributed by atoms with E-state index in [0.29, 0.717) is 21.9 Å². The van der Waals surface area contributed by atoms with Gasteiger partial charge in [0, 0.05) is 33.7 Å². The summed E-state index contributed by atoms with van der Waals surface area (Å²) in [6, 6.07) is 10.2. The average Bonchev–Trinajstić information content (AvgIpc) is 3.21. The predicted molar refractivity (Wildman–Crippen MR) is 120 cm³/mol. The largest absolute Gasteiger partial charge is 0.462 e. The van der Waals surface area contributed by atoms with Gasteiger partial charge in [-0.05, 0) is 44.2 Å². The average molecular weight is 453 g/mol. The summed E-state index contributed by atoms with van der Waals surface area (Å²) in [6.07, 6.45) is 1.39. The first-order valence-electron chi connectivity index (χ1n) is 9.69. The third-order valence-electron chi connectivity index (χ3n) is 4.96. The number of carbonyl (C=O) groups excluding carboxylic acids is 2. The Morgan fingerprint density at radius 1 is 1.09 bits per heavy atom. The van der Waals surface area contributed by atoms with E-state index in [0.717, 1.165) is 0 Å². The van der Waals surface area contributed by atoms with Crippen molar-refractivity contribution in [2.24, 2.45) is 0 Å². The van der Waals surface area contributed by atoms with Crippen molar-refractivity contribution in [3.05, 3.63) is 70.1 Å². The number of anilines is 1. The second-order valence-corrected chi connectivity index (χ2v) is 8.76. The van der Waals surface area contributed by atoms with Gasteiger partial charge in [-0.3, -0.25) is 14.3 Å². The molecule has 0 bridgehead atoms. The van der Waals surface area contributed by atoms with Gasteiger partial charge >= 0.3 is 5.97 Å². The van der Waals surface area contributed by atoms with Crippen LogP contribution >= 0.6 is 0 Å². The van der Waals surface area contributed by atoms with Crippen LogP contribution < -0.4 is 10.3 Å². The van der Waals surface area contributed by atoms with Gasteiger partial charge in [0.2, 0.25) is 0 Å². The van der Waals surface area contributed by atoms with Crippen LogP contribution in [0.5, 0.6) is 0 Å². The van der Waals surface area contributed by atoms with Gasteiger partial charge in [-0.2, -0.15) is 0 Å². The minimum Gasteiger partial charge on any atom is -0.462 e. The van der Waals surface area contributed by atoms with Gasteiger partial charge in [0.1, 0.15) is 5.52 Å². The summed E-state index contributed by atoms with van der Waals surface area (Å²) >= 11 is 0. The van der Waals surface area contributed by atoms with E-state index in [1.165, 1.54) is 49.5 Å². The number of hydrogen-bond donors (Lipinski definition) is 3. The van der Waals surface area contributed by atoms with Gasteiger partial charge in [0.25, 0.3) is 15.6 Å². The van der Waals surface area contributed by atoms with Gasteiger partial charge in [-0.25, -0.2) is 13.2 Å². The summed E-state index contributed by atoms with van der Waals surface area (Å²) in [6.45, 7) is 3.24. The fraction of sp³-hybridized carbons (Fsp3) is 0.136. The Morgan fingerprint density at radius 3 is 2.47 bits per heavy atom. The molecule has 2 aromatic carbocycles. The lowest BCUT2D eigenvalue weighted by Gasteiger charge is -2.10. The van der Waals surface area contributed by atoms with E-state index in [-0.39, 0.29) is 34.1 Å². The lowest BCUT2D eigenvalue weighted by molar-refractivity contribution is 0.0528. The van der Waals surface area contributed by atoms with Crippen LogP contribution in [-0.2, 0) is 14.8 Å². The van der Waals surface area contributed by atoms with E-state index in [4.69, 9.17) is 4.74 Å². The molecular weight excluding hydrogens is 434 g/mol.